The predicted octanol–water partition coefficient (Wildman–Crippen LogP) is 3.28. The number of aliphatic imine (C=N–C) groups is 1. The third kappa shape index (κ3) is 4.77. The second-order valence-corrected chi connectivity index (χ2v) is 7.18. The van der Waals surface area contributed by atoms with Crippen molar-refractivity contribution in [2.24, 2.45) is 4.99 Å². The number of rotatable bonds is 6. The van der Waals surface area contributed by atoms with E-state index in [0.29, 0.717) is 23.2 Å². The van der Waals surface area contributed by atoms with Crippen LogP contribution in [0.2, 0.25) is 5.02 Å². The normalized spacial score (nSPS) is 16.7. The first-order valence-electron chi connectivity index (χ1n) is 9.14. The summed E-state index contributed by atoms with van der Waals surface area (Å²) in [5.41, 5.74) is 1.93. The van der Waals surface area contributed by atoms with Gasteiger partial charge in [0.05, 0.1) is 26.7 Å². The van der Waals surface area contributed by atoms with Crippen molar-refractivity contribution in [3.8, 4) is 11.5 Å². The summed E-state index contributed by atoms with van der Waals surface area (Å²) in [5.74, 6) is 1.07. The summed E-state index contributed by atoms with van der Waals surface area (Å²) in [6.45, 7) is 3.02. The van der Waals surface area contributed by atoms with Gasteiger partial charge in [0, 0.05) is 22.4 Å². The van der Waals surface area contributed by atoms with Gasteiger partial charge in [-0.3, -0.25) is 4.99 Å². The lowest BCUT2D eigenvalue weighted by molar-refractivity contribution is -0.934. The molecule has 0 bridgehead atoms. The topological polar surface area (TPSA) is 46.3 Å². The van der Waals surface area contributed by atoms with E-state index in [1.807, 2.05) is 12.1 Å². The number of halogens is 1. The van der Waals surface area contributed by atoms with Crippen LogP contribution in [-0.4, -0.2) is 38.1 Å². The van der Waals surface area contributed by atoms with Gasteiger partial charge in [-0.25, -0.2) is 0 Å². The molecule has 0 aromatic heterocycles. The number of nitrogens with zero attached hydrogens (tertiary/aromatic N) is 1. The lowest BCUT2D eigenvalue weighted by atomic mass is 10.0. The Morgan fingerprint density at radius 1 is 1.15 bits per heavy atom. The van der Waals surface area contributed by atoms with Crippen LogP contribution in [0.15, 0.2) is 47.5 Å². The molecule has 2 N–H and O–H groups in total. The number of aromatic hydroxyl groups is 1. The van der Waals surface area contributed by atoms with Crippen molar-refractivity contribution < 1.29 is 14.7 Å². The molecule has 0 aliphatic carbocycles. The molecule has 1 atom stereocenters. The Balaban J connectivity index is 1.78. The molecule has 3 rings (SSSR count). The number of hydrogen-bond donors (Lipinski definition) is 2. The molecule has 1 saturated heterocycles. The molecule has 4 nitrogen and oxygen atoms in total. The molecule has 1 fully saturated rings. The average molecular weight is 374 g/mol. The molecule has 0 amide bonds. The number of ether oxygens (including phenoxy) is 1. The van der Waals surface area contributed by atoms with Gasteiger partial charge in [-0.1, -0.05) is 11.6 Å². The number of hydrogen-bond acceptors (Lipinski definition) is 3. The van der Waals surface area contributed by atoms with Crippen molar-refractivity contribution >= 4 is 17.8 Å². The minimum Gasteiger partial charge on any atom is -0.507 e. The summed E-state index contributed by atoms with van der Waals surface area (Å²) in [6, 6.07) is 13.6. The van der Waals surface area contributed by atoms with Gasteiger partial charge in [0.1, 0.15) is 17.5 Å². The first-order valence-corrected chi connectivity index (χ1v) is 9.52. The van der Waals surface area contributed by atoms with Crippen LogP contribution in [-0.2, 0) is 0 Å². The number of likely N-dealkylation sites (tertiary alicyclic amines) is 1. The van der Waals surface area contributed by atoms with Crippen LogP contribution >= 0.6 is 11.6 Å². The standard InChI is InChI=1S/C21H25ClN2O2/c1-26-19-8-5-16(6-9-19)20(24-11-3-2-4-12-24)15-23-14-17-13-18(22)7-10-21(17)25/h5-10,13-14,20,25H,2-4,11-12,15H2,1H3/p+1/t20-/m1/s1. The van der Waals surface area contributed by atoms with E-state index in [1.54, 1.807) is 36.4 Å². The van der Waals surface area contributed by atoms with Crippen LogP contribution in [0.3, 0.4) is 0 Å². The van der Waals surface area contributed by atoms with Crippen LogP contribution in [0.25, 0.3) is 0 Å². The van der Waals surface area contributed by atoms with Gasteiger partial charge in [-0.05, 0) is 61.7 Å². The highest BCUT2D eigenvalue weighted by atomic mass is 35.5. The first kappa shape index (κ1) is 18.7. The van der Waals surface area contributed by atoms with Gasteiger partial charge in [0.15, 0.2) is 0 Å². The molecule has 5 heteroatoms. The summed E-state index contributed by atoms with van der Waals surface area (Å²) in [5, 5.41) is 10.5. The van der Waals surface area contributed by atoms with E-state index in [-0.39, 0.29) is 5.75 Å². The minimum atomic E-state index is 0.199. The summed E-state index contributed by atoms with van der Waals surface area (Å²) in [7, 11) is 1.68. The Labute approximate surface area is 160 Å². The smallest absolute Gasteiger partial charge is 0.133 e. The highest BCUT2D eigenvalue weighted by Crippen LogP contribution is 2.20. The van der Waals surface area contributed by atoms with E-state index in [0.717, 1.165) is 5.75 Å². The average Bonchev–Trinajstić information content (AvgIpc) is 2.69. The number of benzene rings is 2. The van der Waals surface area contributed by atoms with Crippen LogP contribution in [0, 0.1) is 0 Å². The Hall–Kier alpha value is -2.04. The molecule has 0 spiro atoms. The van der Waals surface area contributed by atoms with Crippen molar-refractivity contribution in [2.75, 3.05) is 26.7 Å². The zero-order chi connectivity index (χ0) is 18.4. The van der Waals surface area contributed by atoms with Gasteiger partial charge < -0.3 is 14.7 Å². The zero-order valence-electron chi connectivity index (χ0n) is 15.1. The highest BCUT2D eigenvalue weighted by molar-refractivity contribution is 6.30. The predicted molar refractivity (Wildman–Crippen MR) is 106 cm³/mol. The Bertz CT molecular complexity index is 740. The lowest BCUT2D eigenvalue weighted by Crippen LogP contribution is -3.13. The molecular weight excluding hydrogens is 348 g/mol. The number of methoxy groups -OCH3 is 1. The lowest BCUT2D eigenvalue weighted by Gasteiger charge is -2.31. The summed E-state index contributed by atoms with van der Waals surface area (Å²) in [4.78, 5) is 6.22. The van der Waals surface area contributed by atoms with E-state index in [2.05, 4.69) is 17.1 Å². The van der Waals surface area contributed by atoms with Crippen LogP contribution < -0.4 is 9.64 Å². The van der Waals surface area contributed by atoms with E-state index in [4.69, 9.17) is 16.3 Å². The number of quaternary nitrogens is 1. The van der Waals surface area contributed by atoms with Gasteiger partial charge in [-0.15, -0.1) is 0 Å². The molecule has 0 saturated carbocycles. The van der Waals surface area contributed by atoms with Gasteiger partial charge in [0.25, 0.3) is 0 Å². The largest absolute Gasteiger partial charge is 0.507 e. The first-order chi connectivity index (χ1) is 12.7. The second-order valence-electron chi connectivity index (χ2n) is 6.74. The molecule has 26 heavy (non-hydrogen) atoms. The van der Waals surface area contributed by atoms with Crippen molar-refractivity contribution in [3.63, 3.8) is 0 Å². The van der Waals surface area contributed by atoms with Gasteiger partial charge in [-0.2, -0.15) is 0 Å². The molecule has 2 aromatic carbocycles. The molecule has 1 heterocycles. The van der Waals surface area contributed by atoms with E-state index < -0.39 is 0 Å². The second kappa shape index (κ2) is 9.06. The van der Waals surface area contributed by atoms with Gasteiger partial charge >= 0.3 is 0 Å². The molecule has 1 aliphatic heterocycles. The third-order valence-electron chi connectivity index (χ3n) is 5.01. The Morgan fingerprint density at radius 2 is 1.88 bits per heavy atom. The molecule has 0 unspecified atom stereocenters. The fourth-order valence-electron chi connectivity index (χ4n) is 3.55. The fourth-order valence-corrected chi connectivity index (χ4v) is 3.73. The van der Waals surface area contributed by atoms with E-state index in [9.17, 15) is 5.11 Å². The Morgan fingerprint density at radius 3 is 2.58 bits per heavy atom. The number of phenols is 1. The molecule has 138 valence electrons. The molecule has 0 radical (unpaired) electrons. The maximum Gasteiger partial charge on any atom is 0.133 e. The van der Waals surface area contributed by atoms with Gasteiger partial charge in [0.2, 0.25) is 0 Å². The summed E-state index contributed by atoms with van der Waals surface area (Å²) >= 11 is 6.02. The fraction of sp³-hybridized carbons (Fsp3) is 0.381. The maximum atomic E-state index is 9.95. The van der Waals surface area contributed by atoms with Crippen LogP contribution in [0.5, 0.6) is 11.5 Å². The summed E-state index contributed by atoms with van der Waals surface area (Å²) in [6.07, 6.45) is 5.57. The summed E-state index contributed by atoms with van der Waals surface area (Å²) < 4.78 is 5.28. The van der Waals surface area contributed by atoms with E-state index in [1.165, 1.54) is 37.9 Å². The SMILES string of the molecule is COc1ccc([C@@H](CN=Cc2cc(Cl)ccc2O)[NH+]2CCCCC2)cc1. The van der Waals surface area contributed by atoms with Crippen molar-refractivity contribution in [1.82, 2.24) is 0 Å². The monoisotopic (exact) mass is 373 g/mol. The number of phenolic OH excluding ortho intramolecular Hbond substituents is 1. The third-order valence-corrected chi connectivity index (χ3v) is 5.25. The van der Waals surface area contributed by atoms with E-state index >= 15 is 0 Å². The molecular formula is C21H26ClN2O2+. The zero-order valence-corrected chi connectivity index (χ0v) is 15.9. The molecule has 1 aliphatic rings. The molecule has 2 aromatic rings. The highest BCUT2D eigenvalue weighted by Gasteiger charge is 2.25. The van der Waals surface area contributed by atoms with Crippen LogP contribution in [0.4, 0.5) is 0 Å². The minimum absolute atomic E-state index is 0.199. The van der Waals surface area contributed by atoms with Crippen molar-refractivity contribution in [3.05, 3.63) is 58.6 Å². The van der Waals surface area contributed by atoms with Crippen molar-refractivity contribution in [2.45, 2.75) is 25.3 Å². The Kier molecular flexibility index (Phi) is 6.53. The number of piperidine rings is 1. The number of nitrogens with one attached hydrogen (secondary N) is 1. The van der Waals surface area contributed by atoms with Crippen molar-refractivity contribution in [1.29, 1.82) is 0 Å². The quantitative estimate of drug-likeness (QED) is 0.763. The maximum absolute atomic E-state index is 9.95. The van der Waals surface area contributed by atoms with Crippen LogP contribution in [0.1, 0.15) is 36.4 Å².